The van der Waals surface area contributed by atoms with E-state index in [0.717, 1.165) is 16.8 Å². The van der Waals surface area contributed by atoms with Crippen LogP contribution in [0.3, 0.4) is 0 Å². The van der Waals surface area contributed by atoms with Crippen LogP contribution in [0.15, 0.2) is 79.0 Å². The first-order valence-electron chi connectivity index (χ1n) is 7.84. The monoisotopic (exact) mass is 303 g/mol. The molecule has 1 heterocycles. The van der Waals surface area contributed by atoms with Crippen LogP contribution < -0.4 is 0 Å². The summed E-state index contributed by atoms with van der Waals surface area (Å²) in [6, 6.07) is 23.9. The van der Waals surface area contributed by atoms with Crippen molar-refractivity contribution in [2.24, 2.45) is 0 Å². The highest BCUT2D eigenvalue weighted by Crippen LogP contribution is 2.40. The molecule has 0 saturated carbocycles. The van der Waals surface area contributed by atoms with Crippen molar-refractivity contribution < 1.29 is 5.11 Å². The summed E-state index contributed by atoms with van der Waals surface area (Å²) in [4.78, 5) is 4.50. The maximum absolute atomic E-state index is 11.4. The standard InChI is InChI=1S/C21H21NO/c1-16-11-13-18(14-12-16)21(2,23)20(17-8-4-3-5-9-17)19-10-6-7-15-22-19/h3-15,20,23H,1-2H3/t20-,21+/m1/s1. The molecule has 2 heteroatoms. The van der Waals surface area contributed by atoms with E-state index in [1.165, 1.54) is 5.56 Å². The molecule has 2 nitrogen and oxygen atoms in total. The number of aryl methyl sites for hydroxylation is 1. The van der Waals surface area contributed by atoms with E-state index in [0.29, 0.717) is 0 Å². The Bertz CT molecular complexity index is 709. The van der Waals surface area contributed by atoms with E-state index in [9.17, 15) is 5.11 Å². The lowest BCUT2D eigenvalue weighted by atomic mass is 9.76. The van der Waals surface area contributed by atoms with Crippen LogP contribution >= 0.6 is 0 Å². The van der Waals surface area contributed by atoms with Crippen LogP contribution in [0.4, 0.5) is 0 Å². The van der Waals surface area contributed by atoms with E-state index in [2.05, 4.69) is 4.98 Å². The molecule has 0 radical (unpaired) electrons. The minimum absolute atomic E-state index is 0.229. The van der Waals surface area contributed by atoms with Gasteiger partial charge in [-0.3, -0.25) is 4.98 Å². The molecule has 0 bridgehead atoms. The first kappa shape index (κ1) is 15.4. The number of aliphatic hydroxyl groups is 1. The van der Waals surface area contributed by atoms with Crippen molar-refractivity contribution >= 4 is 0 Å². The fourth-order valence-electron chi connectivity index (χ4n) is 3.03. The minimum atomic E-state index is -1.05. The Kier molecular flexibility index (Phi) is 4.26. The normalized spacial score (nSPS) is 14.9. The second kappa shape index (κ2) is 6.35. The number of rotatable bonds is 4. The predicted molar refractivity (Wildman–Crippen MR) is 93.3 cm³/mol. The Morgan fingerprint density at radius 1 is 0.870 bits per heavy atom. The third-order valence-corrected chi connectivity index (χ3v) is 4.31. The van der Waals surface area contributed by atoms with Gasteiger partial charge in [0, 0.05) is 6.20 Å². The van der Waals surface area contributed by atoms with Gasteiger partial charge in [-0.05, 0) is 37.1 Å². The Hall–Kier alpha value is -2.45. The van der Waals surface area contributed by atoms with Crippen LogP contribution in [-0.2, 0) is 5.60 Å². The van der Waals surface area contributed by atoms with Gasteiger partial charge in [0.15, 0.2) is 0 Å². The smallest absolute Gasteiger partial charge is 0.0992 e. The van der Waals surface area contributed by atoms with E-state index in [1.807, 2.05) is 86.6 Å². The molecule has 0 spiro atoms. The summed E-state index contributed by atoms with van der Waals surface area (Å²) in [5, 5.41) is 11.4. The van der Waals surface area contributed by atoms with Gasteiger partial charge in [0.2, 0.25) is 0 Å². The van der Waals surface area contributed by atoms with Crippen molar-refractivity contribution in [1.29, 1.82) is 0 Å². The van der Waals surface area contributed by atoms with Gasteiger partial charge in [-0.15, -0.1) is 0 Å². The average Bonchev–Trinajstić information content (AvgIpc) is 2.57. The van der Waals surface area contributed by atoms with Gasteiger partial charge in [-0.1, -0.05) is 66.2 Å². The van der Waals surface area contributed by atoms with Crippen molar-refractivity contribution in [3.8, 4) is 0 Å². The van der Waals surface area contributed by atoms with Crippen LogP contribution in [0.5, 0.6) is 0 Å². The molecule has 23 heavy (non-hydrogen) atoms. The maximum Gasteiger partial charge on any atom is 0.0992 e. The summed E-state index contributed by atoms with van der Waals surface area (Å²) in [6.07, 6.45) is 1.77. The van der Waals surface area contributed by atoms with Crippen LogP contribution in [-0.4, -0.2) is 10.1 Å². The summed E-state index contributed by atoms with van der Waals surface area (Å²) in [5.41, 5.74) is 2.94. The number of pyridine rings is 1. The van der Waals surface area contributed by atoms with E-state index >= 15 is 0 Å². The van der Waals surface area contributed by atoms with Crippen LogP contribution in [0.1, 0.15) is 35.2 Å². The molecule has 3 rings (SSSR count). The SMILES string of the molecule is Cc1ccc([C@](C)(O)[C@H](c2ccccc2)c2ccccn2)cc1. The van der Waals surface area contributed by atoms with Crippen molar-refractivity contribution in [1.82, 2.24) is 4.98 Å². The van der Waals surface area contributed by atoms with Crippen LogP contribution in [0.2, 0.25) is 0 Å². The van der Waals surface area contributed by atoms with Crippen LogP contribution in [0.25, 0.3) is 0 Å². The van der Waals surface area contributed by atoms with Gasteiger partial charge in [-0.2, -0.15) is 0 Å². The van der Waals surface area contributed by atoms with Gasteiger partial charge in [0.05, 0.1) is 17.2 Å². The van der Waals surface area contributed by atoms with Gasteiger partial charge in [0.25, 0.3) is 0 Å². The quantitative estimate of drug-likeness (QED) is 0.773. The zero-order chi connectivity index (χ0) is 16.3. The Balaban J connectivity index is 2.13. The zero-order valence-corrected chi connectivity index (χ0v) is 13.5. The number of hydrogen-bond acceptors (Lipinski definition) is 2. The van der Waals surface area contributed by atoms with Gasteiger partial charge in [-0.25, -0.2) is 0 Å². The second-order valence-corrected chi connectivity index (χ2v) is 6.11. The summed E-state index contributed by atoms with van der Waals surface area (Å²) in [6.45, 7) is 3.91. The molecule has 0 unspecified atom stereocenters. The molecule has 0 saturated heterocycles. The van der Waals surface area contributed by atoms with Gasteiger partial charge in [0.1, 0.15) is 0 Å². The summed E-state index contributed by atoms with van der Waals surface area (Å²) in [7, 11) is 0. The van der Waals surface area contributed by atoms with E-state index in [1.54, 1.807) is 6.20 Å². The molecular formula is C21H21NO. The van der Waals surface area contributed by atoms with Crippen molar-refractivity contribution in [2.45, 2.75) is 25.4 Å². The largest absolute Gasteiger partial charge is 0.384 e. The maximum atomic E-state index is 11.4. The molecule has 0 amide bonds. The highest BCUT2D eigenvalue weighted by atomic mass is 16.3. The average molecular weight is 303 g/mol. The van der Waals surface area contributed by atoms with Crippen molar-refractivity contribution in [2.75, 3.05) is 0 Å². The lowest BCUT2D eigenvalue weighted by Crippen LogP contribution is -2.31. The molecule has 0 fully saturated rings. The molecule has 0 aliphatic rings. The van der Waals surface area contributed by atoms with Gasteiger partial charge < -0.3 is 5.11 Å². The molecule has 0 aliphatic heterocycles. The molecule has 3 aromatic rings. The van der Waals surface area contributed by atoms with E-state index in [4.69, 9.17) is 0 Å². The highest BCUT2D eigenvalue weighted by molar-refractivity contribution is 5.38. The highest BCUT2D eigenvalue weighted by Gasteiger charge is 2.36. The Morgan fingerprint density at radius 3 is 2.13 bits per heavy atom. The lowest BCUT2D eigenvalue weighted by Gasteiger charge is -2.33. The second-order valence-electron chi connectivity index (χ2n) is 6.11. The van der Waals surface area contributed by atoms with E-state index in [-0.39, 0.29) is 5.92 Å². The zero-order valence-electron chi connectivity index (χ0n) is 13.5. The first-order chi connectivity index (χ1) is 11.1. The summed E-state index contributed by atoms with van der Waals surface area (Å²) < 4.78 is 0. The molecule has 116 valence electrons. The molecule has 1 aromatic heterocycles. The Morgan fingerprint density at radius 2 is 1.52 bits per heavy atom. The molecule has 2 aromatic carbocycles. The van der Waals surface area contributed by atoms with Crippen molar-refractivity contribution in [3.63, 3.8) is 0 Å². The third-order valence-electron chi connectivity index (χ3n) is 4.31. The first-order valence-corrected chi connectivity index (χ1v) is 7.84. The predicted octanol–water partition coefficient (Wildman–Crippen LogP) is 4.43. The minimum Gasteiger partial charge on any atom is -0.384 e. The number of aromatic nitrogens is 1. The molecular weight excluding hydrogens is 282 g/mol. The summed E-state index contributed by atoms with van der Waals surface area (Å²) >= 11 is 0. The number of nitrogens with zero attached hydrogens (tertiary/aromatic N) is 1. The number of benzene rings is 2. The molecule has 1 N–H and O–H groups in total. The number of hydrogen-bond donors (Lipinski definition) is 1. The fourth-order valence-corrected chi connectivity index (χ4v) is 3.03. The summed E-state index contributed by atoms with van der Waals surface area (Å²) in [5.74, 6) is -0.229. The van der Waals surface area contributed by atoms with Crippen molar-refractivity contribution in [3.05, 3.63) is 101 Å². The fraction of sp³-hybridized carbons (Fsp3) is 0.190. The Labute approximate surface area is 137 Å². The molecule has 2 atom stereocenters. The lowest BCUT2D eigenvalue weighted by molar-refractivity contribution is 0.0380. The van der Waals surface area contributed by atoms with Gasteiger partial charge >= 0.3 is 0 Å². The van der Waals surface area contributed by atoms with E-state index < -0.39 is 5.60 Å². The third kappa shape index (κ3) is 3.17. The van der Waals surface area contributed by atoms with Crippen LogP contribution in [0, 0.1) is 6.92 Å². The topological polar surface area (TPSA) is 33.1 Å². The molecule has 0 aliphatic carbocycles.